The lowest BCUT2D eigenvalue weighted by atomic mass is 10.4. The fourth-order valence-electron chi connectivity index (χ4n) is 1.55. The summed E-state index contributed by atoms with van der Waals surface area (Å²) in [6.07, 6.45) is 1.64. The van der Waals surface area contributed by atoms with Crippen molar-refractivity contribution in [1.82, 2.24) is 14.5 Å². The van der Waals surface area contributed by atoms with Crippen molar-refractivity contribution in [2.75, 3.05) is 18.9 Å². The molecule has 1 N–H and O–H groups in total. The van der Waals surface area contributed by atoms with Crippen LogP contribution in [-0.2, 0) is 11.3 Å². The van der Waals surface area contributed by atoms with Crippen LogP contribution in [0.5, 0.6) is 0 Å². The van der Waals surface area contributed by atoms with Gasteiger partial charge < -0.3 is 10.2 Å². The third kappa shape index (κ3) is 1.70. The molecule has 0 aliphatic carbocycles. The van der Waals surface area contributed by atoms with Crippen molar-refractivity contribution in [1.29, 1.82) is 0 Å². The van der Waals surface area contributed by atoms with Crippen LogP contribution in [0.1, 0.15) is 18.5 Å². The summed E-state index contributed by atoms with van der Waals surface area (Å²) in [5, 5.41) is 7.97. The minimum atomic E-state index is 0.222. The number of rotatable bonds is 3. The Bertz CT molecular complexity index is 338. The van der Waals surface area contributed by atoms with Gasteiger partial charge in [0.05, 0.1) is 6.54 Å². The van der Waals surface area contributed by atoms with Crippen LogP contribution in [0.15, 0.2) is 0 Å². The van der Waals surface area contributed by atoms with Crippen molar-refractivity contribution in [2.45, 2.75) is 19.4 Å². The Kier molecular flexibility index (Phi) is 2.62. The lowest BCUT2D eigenvalue weighted by molar-refractivity contribution is -0.128. The van der Waals surface area contributed by atoms with Crippen LogP contribution in [0.4, 0.5) is 5.00 Å². The van der Waals surface area contributed by atoms with Crippen LogP contribution in [0.3, 0.4) is 0 Å². The summed E-state index contributed by atoms with van der Waals surface area (Å²) in [5.74, 6) is 0.222. The highest BCUT2D eigenvalue weighted by atomic mass is 32.1. The van der Waals surface area contributed by atoms with Gasteiger partial charge in [0, 0.05) is 31.5 Å². The van der Waals surface area contributed by atoms with Gasteiger partial charge in [-0.25, -0.2) is 0 Å². The molecular weight excluding hydrogens is 200 g/mol. The molecule has 0 bridgehead atoms. The molecule has 2 rings (SSSR count). The van der Waals surface area contributed by atoms with E-state index in [0.29, 0.717) is 13.0 Å². The molecule has 0 aromatic carbocycles. The third-order valence-electron chi connectivity index (χ3n) is 2.29. The molecule has 76 valence electrons. The minimum absolute atomic E-state index is 0.222. The largest absolute Gasteiger partial charge is 0.377 e. The van der Waals surface area contributed by atoms with Gasteiger partial charge in [-0.2, -0.15) is 0 Å². The Morgan fingerprint density at radius 1 is 1.64 bits per heavy atom. The Hall–Kier alpha value is -1.17. The van der Waals surface area contributed by atoms with Crippen LogP contribution < -0.4 is 5.32 Å². The van der Waals surface area contributed by atoms with Crippen molar-refractivity contribution in [3.05, 3.63) is 5.69 Å². The van der Waals surface area contributed by atoms with Gasteiger partial charge in [-0.3, -0.25) is 4.79 Å². The first-order chi connectivity index (χ1) is 6.81. The van der Waals surface area contributed by atoms with E-state index in [-0.39, 0.29) is 5.91 Å². The molecule has 2 heterocycles. The van der Waals surface area contributed by atoms with E-state index in [1.807, 2.05) is 11.9 Å². The molecule has 14 heavy (non-hydrogen) atoms. The third-order valence-corrected chi connectivity index (χ3v) is 3.08. The van der Waals surface area contributed by atoms with Crippen molar-refractivity contribution in [3.8, 4) is 0 Å². The predicted molar refractivity (Wildman–Crippen MR) is 54.1 cm³/mol. The van der Waals surface area contributed by atoms with Gasteiger partial charge in [0.15, 0.2) is 0 Å². The zero-order valence-corrected chi connectivity index (χ0v) is 8.80. The normalized spacial score (nSPS) is 16.4. The van der Waals surface area contributed by atoms with Crippen molar-refractivity contribution >= 4 is 22.4 Å². The van der Waals surface area contributed by atoms with E-state index >= 15 is 0 Å². The Balaban J connectivity index is 2.06. The number of hydrogen-bond acceptors (Lipinski definition) is 5. The highest BCUT2D eigenvalue weighted by molar-refractivity contribution is 7.10. The summed E-state index contributed by atoms with van der Waals surface area (Å²) in [6.45, 7) is 1.44. The lowest BCUT2D eigenvalue weighted by Crippen LogP contribution is -2.24. The molecule has 1 aromatic heterocycles. The molecule has 1 saturated heterocycles. The Morgan fingerprint density at radius 3 is 3.14 bits per heavy atom. The van der Waals surface area contributed by atoms with E-state index < -0.39 is 0 Å². The summed E-state index contributed by atoms with van der Waals surface area (Å²) >= 11 is 1.32. The second-order valence-electron chi connectivity index (χ2n) is 3.22. The van der Waals surface area contributed by atoms with E-state index in [2.05, 4.69) is 14.9 Å². The molecule has 1 aliphatic rings. The van der Waals surface area contributed by atoms with Gasteiger partial charge in [-0.05, 0) is 6.42 Å². The molecule has 5 nitrogen and oxygen atoms in total. The summed E-state index contributed by atoms with van der Waals surface area (Å²) in [7, 11) is 1.84. The molecular formula is C8H12N4OS. The second kappa shape index (κ2) is 3.91. The monoisotopic (exact) mass is 212 g/mol. The quantitative estimate of drug-likeness (QED) is 0.801. The zero-order valence-electron chi connectivity index (χ0n) is 7.99. The number of hydrogen-bond donors (Lipinski definition) is 1. The van der Waals surface area contributed by atoms with Crippen LogP contribution >= 0.6 is 11.5 Å². The average molecular weight is 212 g/mol. The highest BCUT2D eigenvalue weighted by Gasteiger charge is 2.22. The number of nitrogens with zero attached hydrogens (tertiary/aromatic N) is 3. The lowest BCUT2D eigenvalue weighted by Gasteiger charge is -2.13. The van der Waals surface area contributed by atoms with Gasteiger partial charge in [0.25, 0.3) is 0 Å². The summed E-state index contributed by atoms with van der Waals surface area (Å²) in [6, 6.07) is 0. The maximum atomic E-state index is 11.4. The predicted octanol–water partition coefficient (Wildman–Crippen LogP) is 0.702. The number of aromatic nitrogens is 2. The number of carbonyl (C=O) groups is 1. The fraction of sp³-hybridized carbons (Fsp3) is 0.625. The topological polar surface area (TPSA) is 58.1 Å². The molecule has 0 atom stereocenters. The first kappa shape index (κ1) is 9.39. The van der Waals surface area contributed by atoms with E-state index in [1.165, 1.54) is 11.5 Å². The minimum Gasteiger partial charge on any atom is -0.377 e. The van der Waals surface area contributed by atoms with E-state index in [0.717, 1.165) is 23.7 Å². The van der Waals surface area contributed by atoms with Gasteiger partial charge in [-0.1, -0.05) is 4.49 Å². The molecule has 1 aliphatic heterocycles. The SMILES string of the molecule is CNc1snnc1CN1CCCC1=O. The number of amides is 1. The summed E-state index contributed by atoms with van der Waals surface area (Å²) < 4.78 is 3.85. The highest BCUT2D eigenvalue weighted by Crippen LogP contribution is 2.20. The first-order valence-electron chi connectivity index (χ1n) is 4.58. The van der Waals surface area contributed by atoms with Crippen LogP contribution in [0.2, 0.25) is 0 Å². The zero-order chi connectivity index (χ0) is 9.97. The van der Waals surface area contributed by atoms with Crippen LogP contribution in [0, 0.1) is 0 Å². The first-order valence-corrected chi connectivity index (χ1v) is 5.35. The molecule has 0 spiro atoms. The molecule has 1 aromatic rings. The number of nitrogens with one attached hydrogen (secondary N) is 1. The van der Waals surface area contributed by atoms with E-state index in [1.54, 1.807) is 0 Å². The van der Waals surface area contributed by atoms with Crippen molar-refractivity contribution in [2.24, 2.45) is 0 Å². The fourth-order valence-corrected chi connectivity index (χ4v) is 2.08. The molecule has 6 heteroatoms. The smallest absolute Gasteiger partial charge is 0.222 e. The molecule has 0 radical (unpaired) electrons. The molecule has 1 fully saturated rings. The van der Waals surface area contributed by atoms with Crippen molar-refractivity contribution < 1.29 is 4.79 Å². The van der Waals surface area contributed by atoms with Crippen LogP contribution in [0.25, 0.3) is 0 Å². The maximum absolute atomic E-state index is 11.4. The second-order valence-corrected chi connectivity index (χ2v) is 3.97. The molecule has 0 unspecified atom stereocenters. The summed E-state index contributed by atoms with van der Waals surface area (Å²) in [5.41, 5.74) is 0.868. The number of anilines is 1. The molecule has 0 saturated carbocycles. The average Bonchev–Trinajstić information content (AvgIpc) is 2.77. The van der Waals surface area contributed by atoms with Gasteiger partial charge in [0.2, 0.25) is 5.91 Å². The Labute approximate surface area is 86.3 Å². The number of likely N-dealkylation sites (tertiary alicyclic amines) is 1. The summed E-state index contributed by atoms with van der Waals surface area (Å²) in [4.78, 5) is 13.2. The van der Waals surface area contributed by atoms with Gasteiger partial charge in [-0.15, -0.1) is 5.10 Å². The van der Waals surface area contributed by atoms with Crippen molar-refractivity contribution in [3.63, 3.8) is 0 Å². The van der Waals surface area contributed by atoms with Gasteiger partial charge >= 0.3 is 0 Å². The van der Waals surface area contributed by atoms with E-state index in [9.17, 15) is 4.79 Å². The maximum Gasteiger partial charge on any atom is 0.222 e. The Morgan fingerprint density at radius 2 is 2.50 bits per heavy atom. The number of carbonyl (C=O) groups excluding carboxylic acids is 1. The van der Waals surface area contributed by atoms with Gasteiger partial charge in [0.1, 0.15) is 10.7 Å². The molecule has 1 amide bonds. The van der Waals surface area contributed by atoms with E-state index in [4.69, 9.17) is 0 Å². The standard InChI is InChI=1S/C8H12N4OS/c1-9-8-6(10-11-14-8)5-12-4-2-3-7(12)13/h9H,2-5H2,1H3. The van der Waals surface area contributed by atoms with Crippen LogP contribution in [-0.4, -0.2) is 34.0 Å².